The van der Waals surface area contributed by atoms with Gasteiger partial charge in [0.25, 0.3) is 5.91 Å². The first kappa shape index (κ1) is 15.0. The van der Waals surface area contributed by atoms with Crippen LogP contribution in [0.1, 0.15) is 28.8 Å². The number of aliphatic hydroxyl groups is 1. The fraction of sp³-hybridized carbons (Fsp3) is 0.400. The number of piperidine rings is 1. The molecule has 6 nitrogen and oxygen atoms in total. The predicted octanol–water partition coefficient (Wildman–Crippen LogP) is -0.237. The Kier molecular flexibility index (Phi) is 4.90. The number of nitrogens with zero attached hydrogens (tertiary/aromatic N) is 2. The molecule has 2 heterocycles. The minimum Gasteiger partial charge on any atom is -0.384 e. The highest BCUT2D eigenvalue weighted by Crippen LogP contribution is 2.18. The zero-order chi connectivity index (χ0) is 15.2. The molecule has 0 spiro atoms. The van der Waals surface area contributed by atoms with Crippen molar-refractivity contribution in [1.29, 1.82) is 0 Å². The maximum absolute atomic E-state index is 12.4. The molecule has 2 rings (SSSR count). The third kappa shape index (κ3) is 3.80. The number of hydrogen-bond donors (Lipinski definition) is 2. The zero-order valence-electron chi connectivity index (χ0n) is 11.6. The Morgan fingerprint density at radius 2 is 2.10 bits per heavy atom. The van der Waals surface area contributed by atoms with Crippen LogP contribution in [0.15, 0.2) is 18.5 Å². The Hall–Kier alpha value is -2.39. The van der Waals surface area contributed by atoms with Crippen LogP contribution in [0.25, 0.3) is 0 Å². The molecule has 21 heavy (non-hydrogen) atoms. The number of aliphatic hydroxyl groups excluding tert-OH is 1. The third-order valence-electron chi connectivity index (χ3n) is 3.48. The summed E-state index contributed by atoms with van der Waals surface area (Å²) in [4.78, 5) is 29.2. The van der Waals surface area contributed by atoms with Gasteiger partial charge in [-0.15, -0.1) is 0 Å². The second-order valence-corrected chi connectivity index (χ2v) is 4.89. The van der Waals surface area contributed by atoms with Crippen molar-refractivity contribution in [2.24, 2.45) is 11.7 Å². The van der Waals surface area contributed by atoms with Crippen LogP contribution in [0.3, 0.4) is 0 Å². The first-order valence-electron chi connectivity index (χ1n) is 6.75. The van der Waals surface area contributed by atoms with Crippen LogP contribution in [0.2, 0.25) is 0 Å². The Labute approximate surface area is 123 Å². The minimum absolute atomic E-state index is 0.127. The van der Waals surface area contributed by atoms with Crippen LogP contribution < -0.4 is 5.73 Å². The van der Waals surface area contributed by atoms with E-state index >= 15 is 0 Å². The van der Waals surface area contributed by atoms with Gasteiger partial charge in [-0.2, -0.15) is 0 Å². The molecule has 0 radical (unpaired) electrons. The summed E-state index contributed by atoms with van der Waals surface area (Å²) in [5.41, 5.74) is 6.32. The molecule has 2 amide bonds. The first-order valence-corrected chi connectivity index (χ1v) is 6.75. The average Bonchev–Trinajstić information content (AvgIpc) is 2.52. The number of nitrogens with two attached hydrogens (primary N) is 1. The average molecular weight is 287 g/mol. The van der Waals surface area contributed by atoms with Crippen molar-refractivity contribution in [2.75, 3.05) is 19.7 Å². The maximum Gasteiger partial charge on any atom is 0.255 e. The van der Waals surface area contributed by atoms with E-state index in [-0.39, 0.29) is 24.3 Å². The van der Waals surface area contributed by atoms with Crippen molar-refractivity contribution in [2.45, 2.75) is 12.8 Å². The van der Waals surface area contributed by atoms with Crippen LogP contribution in [0, 0.1) is 17.8 Å². The predicted molar refractivity (Wildman–Crippen MR) is 76.0 cm³/mol. The van der Waals surface area contributed by atoms with Crippen LogP contribution >= 0.6 is 0 Å². The Morgan fingerprint density at radius 3 is 2.71 bits per heavy atom. The second-order valence-electron chi connectivity index (χ2n) is 4.89. The summed E-state index contributed by atoms with van der Waals surface area (Å²) in [6.07, 6.45) is 4.22. The van der Waals surface area contributed by atoms with Crippen LogP contribution in [-0.2, 0) is 4.79 Å². The molecule has 1 aliphatic rings. The molecular weight excluding hydrogens is 270 g/mol. The molecule has 3 N–H and O–H groups in total. The van der Waals surface area contributed by atoms with Crippen molar-refractivity contribution in [3.05, 3.63) is 29.6 Å². The summed E-state index contributed by atoms with van der Waals surface area (Å²) in [6, 6.07) is 1.65. The van der Waals surface area contributed by atoms with Crippen LogP contribution in [0.5, 0.6) is 0 Å². The van der Waals surface area contributed by atoms with Gasteiger partial charge in [0, 0.05) is 37.0 Å². The number of primary amides is 1. The van der Waals surface area contributed by atoms with Gasteiger partial charge in [0.1, 0.15) is 6.61 Å². The maximum atomic E-state index is 12.4. The summed E-state index contributed by atoms with van der Waals surface area (Å²) in [7, 11) is 0. The fourth-order valence-corrected chi connectivity index (χ4v) is 2.32. The summed E-state index contributed by atoms with van der Waals surface area (Å²) in [6.45, 7) is 0.788. The van der Waals surface area contributed by atoms with E-state index in [1.54, 1.807) is 17.2 Å². The minimum atomic E-state index is -0.301. The summed E-state index contributed by atoms with van der Waals surface area (Å²) < 4.78 is 0. The second kappa shape index (κ2) is 6.86. The van der Waals surface area contributed by atoms with E-state index in [9.17, 15) is 9.59 Å². The number of rotatable bonds is 2. The SMILES string of the molecule is NC(=O)C1CCN(C(=O)c2cncc(C#CCO)c2)CC1. The molecule has 110 valence electrons. The molecule has 0 aromatic carbocycles. The van der Waals surface area contributed by atoms with Gasteiger partial charge in [0.15, 0.2) is 0 Å². The highest BCUT2D eigenvalue weighted by Gasteiger charge is 2.26. The molecule has 1 aliphatic heterocycles. The van der Waals surface area contributed by atoms with Gasteiger partial charge in [0.2, 0.25) is 5.91 Å². The molecule has 0 atom stereocenters. The van der Waals surface area contributed by atoms with Gasteiger partial charge >= 0.3 is 0 Å². The lowest BCUT2D eigenvalue weighted by Gasteiger charge is -2.30. The number of carbonyl (C=O) groups is 2. The highest BCUT2D eigenvalue weighted by atomic mass is 16.2. The molecule has 1 aromatic rings. The lowest BCUT2D eigenvalue weighted by molar-refractivity contribution is -0.123. The number of carbonyl (C=O) groups excluding carboxylic acids is 2. The topological polar surface area (TPSA) is 96.5 Å². The molecule has 0 unspecified atom stereocenters. The van der Waals surface area contributed by atoms with Crippen molar-refractivity contribution >= 4 is 11.8 Å². The number of aromatic nitrogens is 1. The number of likely N-dealkylation sites (tertiary alicyclic amines) is 1. The normalized spacial score (nSPS) is 15.2. The highest BCUT2D eigenvalue weighted by molar-refractivity contribution is 5.94. The third-order valence-corrected chi connectivity index (χ3v) is 3.48. The monoisotopic (exact) mass is 287 g/mol. The van der Waals surface area contributed by atoms with Crippen molar-refractivity contribution in [3.8, 4) is 11.8 Å². The molecule has 1 aromatic heterocycles. The van der Waals surface area contributed by atoms with E-state index < -0.39 is 0 Å². The van der Waals surface area contributed by atoms with Crippen LogP contribution in [-0.4, -0.2) is 46.5 Å². The Balaban J connectivity index is 2.05. The van der Waals surface area contributed by atoms with Crippen LogP contribution in [0.4, 0.5) is 0 Å². The van der Waals surface area contributed by atoms with Gasteiger partial charge in [-0.25, -0.2) is 0 Å². The molecule has 0 saturated carbocycles. The molecule has 0 bridgehead atoms. The fourth-order valence-electron chi connectivity index (χ4n) is 2.32. The summed E-state index contributed by atoms with van der Waals surface area (Å²) >= 11 is 0. The van der Waals surface area contributed by atoms with Crippen molar-refractivity contribution in [3.63, 3.8) is 0 Å². The molecule has 1 fully saturated rings. The molecular formula is C15H17N3O3. The lowest BCUT2D eigenvalue weighted by atomic mass is 9.96. The quantitative estimate of drug-likeness (QED) is 0.734. The summed E-state index contributed by atoms with van der Waals surface area (Å²) in [5, 5.41) is 8.67. The number of hydrogen-bond acceptors (Lipinski definition) is 4. The van der Waals surface area contributed by atoms with Gasteiger partial charge < -0.3 is 15.7 Å². The first-order chi connectivity index (χ1) is 10.1. The zero-order valence-corrected chi connectivity index (χ0v) is 11.6. The van der Waals surface area contributed by atoms with E-state index in [0.29, 0.717) is 37.1 Å². The Bertz CT molecular complexity index is 596. The van der Waals surface area contributed by atoms with Gasteiger partial charge in [0.05, 0.1) is 5.56 Å². The number of pyridine rings is 1. The largest absolute Gasteiger partial charge is 0.384 e. The molecule has 6 heteroatoms. The van der Waals surface area contributed by atoms with Gasteiger partial charge in [-0.05, 0) is 18.9 Å². The van der Waals surface area contributed by atoms with E-state index in [1.165, 1.54) is 6.20 Å². The smallest absolute Gasteiger partial charge is 0.255 e. The van der Waals surface area contributed by atoms with Crippen molar-refractivity contribution in [1.82, 2.24) is 9.88 Å². The van der Waals surface area contributed by atoms with E-state index in [1.807, 2.05) is 0 Å². The van der Waals surface area contributed by atoms with E-state index in [4.69, 9.17) is 10.8 Å². The van der Waals surface area contributed by atoms with E-state index in [2.05, 4.69) is 16.8 Å². The summed E-state index contributed by atoms with van der Waals surface area (Å²) in [5.74, 6) is 4.67. The van der Waals surface area contributed by atoms with E-state index in [0.717, 1.165) is 0 Å². The van der Waals surface area contributed by atoms with Gasteiger partial charge in [-0.1, -0.05) is 11.8 Å². The standard InChI is InChI=1S/C15H17N3O3/c16-14(20)12-3-5-18(6-4-12)15(21)13-8-11(2-1-7-19)9-17-10-13/h8-10,12,19H,3-7H2,(H2,16,20). The molecule has 1 saturated heterocycles. The number of amides is 2. The molecule has 0 aliphatic carbocycles. The van der Waals surface area contributed by atoms with Crippen molar-refractivity contribution < 1.29 is 14.7 Å². The Morgan fingerprint density at radius 1 is 1.38 bits per heavy atom. The van der Waals surface area contributed by atoms with Gasteiger partial charge in [-0.3, -0.25) is 14.6 Å². The lowest BCUT2D eigenvalue weighted by Crippen LogP contribution is -2.41.